The largest absolute Gasteiger partial charge is 0.389 e. The van der Waals surface area contributed by atoms with Crippen LogP contribution in [-0.2, 0) is 0 Å². The van der Waals surface area contributed by atoms with Crippen LogP contribution in [0.1, 0.15) is 5.56 Å². The molecule has 1 aromatic rings. The van der Waals surface area contributed by atoms with Gasteiger partial charge in [0, 0.05) is 18.7 Å². The minimum atomic E-state index is -0.367. The van der Waals surface area contributed by atoms with E-state index < -0.39 is 0 Å². The molecule has 6 heteroatoms. The van der Waals surface area contributed by atoms with Crippen molar-refractivity contribution in [2.45, 2.75) is 0 Å². The Hall–Kier alpha value is -0.720. The summed E-state index contributed by atoms with van der Waals surface area (Å²) >= 11 is 7.99. The van der Waals surface area contributed by atoms with E-state index in [2.05, 4.69) is 21.2 Å². The van der Waals surface area contributed by atoms with E-state index in [1.165, 1.54) is 0 Å². The van der Waals surface area contributed by atoms with Gasteiger partial charge in [-0.3, -0.25) is 0 Å². The Morgan fingerprint density at radius 3 is 2.71 bits per heavy atom. The summed E-state index contributed by atoms with van der Waals surface area (Å²) < 4.78 is 14.2. The first-order valence-electron chi connectivity index (χ1n) is 5.10. The predicted molar refractivity (Wildman–Crippen MR) is 77.0 cm³/mol. The summed E-state index contributed by atoms with van der Waals surface area (Å²) in [6.45, 7) is 1.50. The molecule has 0 fully saturated rings. The van der Waals surface area contributed by atoms with Gasteiger partial charge in [-0.2, -0.15) is 0 Å². The van der Waals surface area contributed by atoms with E-state index in [9.17, 15) is 4.39 Å². The first-order valence-corrected chi connectivity index (χ1v) is 6.30. The van der Waals surface area contributed by atoms with Gasteiger partial charge in [0.1, 0.15) is 4.99 Å². The summed E-state index contributed by atoms with van der Waals surface area (Å²) in [5, 5.41) is 3.02. The Kier molecular flexibility index (Phi) is 5.30. The summed E-state index contributed by atoms with van der Waals surface area (Å²) in [6.07, 6.45) is 0. The average molecular weight is 320 g/mol. The molecule has 0 aliphatic heterocycles. The van der Waals surface area contributed by atoms with Crippen molar-refractivity contribution >= 4 is 38.8 Å². The summed E-state index contributed by atoms with van der Waals surface area (Å²) in [5.41, 5.74) is 6.43. The molecule has 0 aromatic heterocycles. The van der Waals surface area contributed by atoms with Gasteiger partial charge in [0.2, 0.25) is 0 Å². The molecule has 1 rings (SSSR count). The lowest BCUT2D eigenvalue weighted by atomic mass is 10.2. The standard InChI is InChI=1S/C11H15BrFN3S/c1-16(2)6-5-15-8-4-3-7(11(14)17)9(12)10(8)13/h3-4,15H,5-6H2,1-2H3,(H2,14,17). The minimum Gasteiger partial charge on any atom is -0.389 e. The van der Waals surface area contributed by atoms with E-state index in [-0.39, 0.29) is 10.8 Å². The van der Waals surface area contributed by atoms with Gasteiger partial charge in [0.15, 0.2) is 5.82 Å². The second-order valence-corrected chi connectivity index (χ2v) is 5.12. The van der Waals surface area contributed by atoms with E-state index in [1.807, 2.05) is 19.0 Å². The maximum Gasteiger partial charge on any atom is 0.161 e. The molecule has 0 aliphatic carbocycles. The second kappa shape index (κ2) is 6.28. The van der Waals surface area contributed by atoms with E-state index >= 15 is 0 Å². The SMILES string of the molecule is CN(C)CCNc1ccc(C(N)=S)c(Br)c1F. The molecule has 0 spiro atoms. The molecule has 0 atom stereocenters. The lowest BCUT2D eigenvalue weighted by Gasteiger charge is -2.13. The van der Waals surface area contributed by atoms with Crippen molar-refractivity contribution < 1.29 is 4.39 Å². The third-order valence-corrected chi connectivity index (χ3v) is 3.22. The topological polar surface area (TPSA) is 41.3 Å². The van der Waals surface area contributed by atoms with Crippen molar-refractivity contribution in [3.63, 3.8) is 0 Å². The Balaban J connectivity index is 2.82. The monoisotopic (exact) mass is 319 g/mol. The number of hydrogen-bond acceptors (Lipinski definition) is 3. The van der Waals surface area contributed by atoms with Gasteiger partial charge >= 0.3 is 0 Å². The van der Waals surface area contributed by atoms with Crippen LogP contribution in [0.2, 0.25) is 0 Å². The van der Waals surface area contributed by atoms with Crippen molar-refractivity contribution in [1.82, 2.24) is 4.90 Å². The first-order chi connectivity index (χ1) is 7.93. The number of benzene rings is 1. The molecule has 0 unspecified atom stereocenters. The van der Waals surface area contributed by atoms with E-state index in [1.54, 1.807) is 12.1 Å². The third kappa shape index (κ3) is 3.90. The zero-order chi connectivity index (χ0) is 13.0. The predicted octanol–water partition coefficient (Wildman–Crippen LogP) is 2.20. The number of nitrogens with one attached hydrogen (secondary N) is 1. The second-order valence-electron chi connectivity index (χ2n) is 3.88. The Bertz CT molecular complexity index is 423. The zero-order valence-corrected chi connectivity index (χ0v) is 12.2. The van der Waals surface area contributed by atoms with Crippen LogP contribution in [0.25, 0.3) is 0 Å². The molecule has 0 heterocycles. The minimum absolute atomic E-state index is 0.176. The summed E-state index contributed by atoms with van der Waals surface area (Å²) in [7, 11) is 3.92. The molecule has 0 amide bonds. The number of nitrogens with zero attached hydrogens (tertiary/aromatic N) is 1. The van der Waals surface area contributed by atoms with Crippen molar-refractivity contribution in [1.29, 1.82) is 0 Å². The van der Waals surface area contributed by atoms with E-state index in [4.69, 9.17) is 18.0 Å². The maximum absolute atomic E-state index is 13.9. The maximum atomic E-state index is 13.9. The summed E-state index contributed by atoms with van der Waals surface area (Å²) in [6, 6.07) is 3.34. The average Bonchev–Trinajstić information content (AvgIpc) is 2.23. The smallest absolute Gasteiger partial charge is 0.161 e. The molecule has 0 saturated heterocycles. The molecule has 0 radical (unpaired) electrons. The molecule has 17 heavy (non-hydrogen) atoms. The Morgan fingerprint density at radius 1 is 1.53 bits per heavy atom. The van der Waals surface area contributed by atoms with Crippen LogP contribution in [0, 0.1) is 5.82 Å². The van der Waals surface area contributed by atoms with Crippen molar-refractivity contribution in [3.8, 4) is 0 Å². The van der Waals surface area contributed by atoms with Crippen LogP contribution in [0.15, 0.2) is 16.6 Å². The molecule has 3 N–H and O–H groups in total. The number of hydrogen-bond donors (Lipinski definition) is 2. The normalized spacial score (nSPS) is 10.6. The van der Waals surface area contributed by atoms with Crippen LogP contribution in [0.3, 0.4) is 0 Å². The number of rotatable bonds is 5. The van der Waals surface area contributed by atoms with Crippen LogP contribution in [0.4, 0.5) is 10.1 Å². The first kappa shape index (κ1) is 14.3. The molecule has 1 aromatic carbocycles. The highest BCUT2D eigenvalue weighted by Gasteiger charge is 2.12. The van der Waals surface area contributed by atoms with Gasteiger partial charge in [-0.1, -0.05) is 12.2 Å². The lowest BCUT2D eigenvalue weighted by Crippen LogP contribution is -2.21. The summed E-state index contributed by atoms with van der Waals surface area (Å²) in [5.74, 6) is -0.367. The van der Waals surface area contributed by atoms with Gasteiger partial charge in [-0.15, -0.1) is 0 Å². The van der Waals surface area contributed by atoms with E-state index in [0.29, 0.717) is 22.3 Å². The third-order valence-electron chi connectivity index (χ3n) is 2.22. The van der Waals surface area contributed by atoms with Crippen molar-refractivity contribution in [2.75, 3.05) is 32.5 Å². The van der Waals surface area contributed by atoms with Gasteiger partial charge in [-0.25, -0.2) is 4.39 Å². The molecule has 3 nitrogen and oxygen atoms in total. The van der Waals surface area contributed by atoms with Crippen molar-refractivity contribution in [3.05, 3.63) is 28.0 Å². The lowest BCUT2D eigenvalue weighted by molar-refractivity contribution is 0.425. The molecular formula is C11H15BrFN3S. The number of anilines is 1. The Morgan fingerprint density at radius 2 is 2.18 bits per heavy atom. The fourth-order valence-corrected chi connectivity index (χ4v) is 2.15. The highest BCUT2D eigenvalue weighted by atomic mass is 79.9. The molecule has 0 bridgehead atoms. The number of nitrogens with two attached hydrogens (primary N) is 1. The fourth-order valence-electron chi connectivity index (χ4n) is 1.29. The number of likely N-dealkylation sites (N-methyl/N-ethyl adjacent to an activating group) is 1. The fraction of sp³-hybridized carbons (Fsp3) is 0.364. The van der Waals surface area contributed by atoms with E-state index in [0.717, 1.165) is 6.54 Å². The van der Waals surface area contributed by atoms with Gasteiger partial charge < -0.3 is 16.0 Å². The van der Waals surface area contributed by atoms with Crippen molar-refractivity contribution in [2.24, 2.45) is 5.73 Å². The van der Waals surface area contributed by atoms with Crippen LogP contribution in [0.5, 0.6) is 0 Å². The van der Waals surface area contributed by atoms with Gasteiger partial charge in [0.25, 0.3) is 0 Å². The highest BCUT2D eigenvalue weighted by Crippen LogP contribution is 2.26. The van der Waals surface area contributed by atoms with Gasteiger partial charge in [-0.05, 0) is 42.2 Å². The molecule has 0 saturated carbocycles. The van der Waals surface area contributed by atoms with Crippen LogP contribution >= 0.6 is 28.1 Å². The number of halogens is 2. The van der Waals surface area contributed by atoms with Crippen LogP contribution < -0.4 is 11.1 Å². The summed E-state index contributed by atoms with van der Waals surface area (Å²) in [4.78, 5) is 2.19. The zero-order valence-electron chi connectivity index (χ0n) is 9.76. The Labute approximate surface area is 114 Å². The highest BCUT2D eigenvalue weighted by molar-refractivity contribution is 9.10. The number of thiocarbonyl (C=S) groups is 1. The molecule has 0 aliphatic rings. The van der Waals surface area contributed by atoms with Crippen LogP contribution in [-0.4, -0.2) is 37.1 Å². The molecule has 94 valence electrons. The molecular weight excluding hydrogens is 305 g/mol. The quantitative estimate of drug-likeness (QED) is 0.816. The van der Waals surface area contributed by atoms with Gasteiger partial charge in [0.05, 0.1) is 10.2 Å².